The molecule has 1 heteroatoms. The average Bonchev–Trinajstić information content (AvgIpc) is 3.21. The van der Waals surface area contributed by atoms with Gasteiger partial charge in [0.1, 0.15) is 0 Å². The molecular formula is C31H61N. The van der Waals surface area contributed by atoms with Gasteiger partial charge in [0.05, 0.1) is 0 Å². The van der Waals surface area contributed by atoms with Gasteiger partial charge in [0.15, 0.2) is 0 Å². The fourth-order valence-corrected chi connectivity index (χ4v) is 7.92. The van der Waals surface area contributed by atoms with Crippen LogP contribution in [0.25, 0.3) is 0 Å². The molecule has 0 radical (unpaired) electrons. The molecule has 0 aromatic heterocycles. The molecule has 0 atom stereocenters. The van der Waals surface area contributed by atoms with Crippen molar-refractivity contribution in [3.8, 4) is 0 Å². The van der Waals surface area contributed by atoms with E-state index in [-0.39, 0.29) is 0 Å². The molecule has 1 heterocycles. The van der Waals surface area contributed by atoms with Crippen LogP contribution >= 0.6 is 0 Å². The lowest BCUT2D eigenvalue weighted by atomic mass is 9.68. The summed E-state index contributed by atoms with van der Waals surface area (Å²) in [6.07, 6.45) is 27.8. The summed E-state index contributed by atoms with van der Waals surface area (Å²) in [6.45, 7) is 10.6. The van der Waals surface area contributed by atoms with Crippen LogP contribution < -0.4 is 0 Å². The SMILES string of the molecule is C1CC2CC3CC1CC(C2)C3.C1CC2CCCC(C1)C2.CC.CC.CN1CCCCCC1. The highest BCUT2D eigenvalue weighted by Gasteiger charge is 2.38. The van der Waals surface area contributed by atoms with Crippen LogP contribution in [0.4, 0.5) is 0 Å². The van der Waals surface area contributed by atoms with Crippen molar-refractivity contribution < 1.29 is 0 Å². The third-order valence-corrected chi connectivity index (χ3v) is 9.26. The maximum atomic E-state index is 2.42. The van der Waals surface area contributed by atoms with E-state index in [1.165, 1.54) is 63.5 Å². The molecule has 6 bridgehead atoms. The third kappa shape index (κ3) is 10.1. The number of rotatable bonds is 0. The van der Waals surface area contributed by atoms with Crippen molar-refractivity contribution in [1.29, 1.82) is 0 Å². The highest BCUT2D eigenvalue weighted by atomic mass is 15.1. The van der Waals surface area contributed by atoms with Gasteiger partial charge in [0.25, 0.3) is 0 Å². The van der Waals surface area contributed by atoms with Crippen LogP contribution in [0.2, 0.25) is 0 Å². The molecule has 1 saturated heterocycles. The first-order chi connectivity index (χ1) is 15.7. The molecule has 1 aliphatic heterocycles. The van der Waals surface area contributed by atoms with Gasteiger partial charge in [-0.15, -0.1) is 0 Å². The van der Waals surface area contributed by atoms with Gasteiger partial charge < -0.3 is 4.90 Å². The Hall–Kier alpha value is -0.0400. The van der Waals surface area contributed by atoms with Crippen molar-refractivity contribution in [3.05, 3.63) is 0 Å². The minimum atomic E-state index is 1.15. The number of nitrogens with zero attached hydrogens (tertiary/aromatic N) is 1. The molecule has 6 saturated carbocycles. The lowest BCUT2D eigenvalue weighted by Crippen LogP contribution is -2.26. The lowest BCUT2D eigenvalue weighted by molar-refractivity contribution is 0.134. The topological polar surface area (TPSA) is 3.24 Å². The molecule has 7 rings (SSSR count). The lowest BCUT2D eigenvalue weighted by Gasteiger charge is -2.38. The van der Waals surface area contributed by atoms with Gasteiger partial charge in [0, 0.05) is 0 Å². The zero-order valence-electron chi connectivity index (χ0n) is 23.1. The highest BCUT2D eigenvalue weighted by Crippen LogP contribution is 2.51. The normalized spacial score (nSPS) is 37.4. The summed E-state index contributed by atoms with van der Waals surface area (Å²) in [5.41, 5.74) is 0. The number of hydrogen-bond donors (Lipinski definition) is 0. The standard InChI is InChI=1S/C11H18.C9H16.C7H15N.2C2H6/c1-2-9-5-10-3-8(1)4-11(6-9)7-10;1-3-8-5-2-6-9(4-1)7-8;1-8-6-4-2-3-5-7-8;2*1-2/h8-11H,1-7H2;8-9H,1-7H2;2-7H2,1H3;2*1-2H3. The smallest absolute Gasteiger partial charge is 0.00218 e. The molecular weight excluding hydrogens is 386 g/mol. The minimum absolute atomic E-state index is 1.15. The van der Waals surface area contributed by atoms with E-state index in [0.717, 1.165) is 23.7 Å². The van der Waals surface area contributed by atoms with Crippen molar-refractivity contribution in [2.45, 2.75) is 143 Å². The Bertz CT molecular complexity index is 384. The van der Waals surface area contributed by atoms with Crippen LogP contribution in [0.15, 0.2) is 0 Å². The highest BCUT2D eigenvalue weighted by molar-refractivity contribution is 4.90. The molecule has 1 nitrogen and oxygen atoms in total. The Labute approximate surface area is 203 Å². The summed E-state index contributed by atoms with van der Waals surface area (Å²) in [4.78, 5) is 2.42. The third-order valence-electron chi connectivity index (χ3n) is 9.26. The zero-order chi connectivity index (χ0) is 23.2. The van der Waals surface area contributed by atoms with Gasteiger partial charge in [-0.3, -0.25) is 0 Å². The maximum Gasteiger partial charge on any atom is -0.00218 e. The van der Waals surface area contributed by atoms with Crippen LogP contribution in [0, 0.1) is 35.5 Å². The van der Waals surface area contributed by atoms with Crippen molar-refractivity contribution in [2.75, 3.05) is 20.1 Å². The van der Waals surface area contributed by atoms with E-state index < -0.39 is 0 Å². The van der Waals surface area contributed by atoms with Crippen molar-refractivity contribution in [1.82, 2.24) is 4.90 Å². The van der Waals surface area contributed by atoms with Gasteiger partial charge in [-0.05, 0) is 107 Å². The quantitative estimate of drug-likeness (QED) is 0.357. The number of hydrogen-bond acceptors (Lipinski definition) is 1. The second kappa shape index (κ2) is 16.6. The molecule has 0 aromatic carbocycles. The first kappa shape index (κ1) is 28.2. The van der Waals surface area contributed by atoms with E-state index in [9.17, 15) is 0 Å². The molecule has 0 spiro atoms. The zero-order valence-corrected chi connectivity index (χ0v) is 23.1. The Balaban J connectivity index is 0.000000160. The predicted octanol–water partition coefficient (Wildman–Crippen LogP) is 9.74. The first-order valence-corrected chi connectivity index (χ1v) is 15.4. The summed E-state index contributed by atoms with van der Waals surface area (Å²) in [5, 5.41) is 0. The maximum absolute atomic E-state index is 2.42. The molecule has 7 fully saturated rings. The average molecular weight is 448 g/mol. The van der Waals surface area contributed by atoms with Crippen LogP contribution in [0.3, 0.4) is 0 Å². The molecule has 0 unspecified atom stereocenters. The Morgan fingerprint density at radius 1 is 0.375 bits per heavy atom. The monoisotopic (exact) mass is 447 g/mol. The molecule has 0 N–H and O–H groups in total. The van der Waals surface area contributed by atoms with E-state index >= 15 is 0 Å². The summed E-state index contributed by atoms with van der Waals surface area (Å²) in [6, 6.07) is 0. The van der Waals surface area contributed by atoms with Gasteiger partial charge in [0.2, 0.25) is 0 Å². The largest absolute Gasteiger partial charge is 0.306 e. The van der Waals surface area contributed by atoms with Crippen molar-refractivity contribution >= 4 is 0 Å². The molecule has 190 valence electrons. The van der Waals surface area contributed by atoms with Gasteiger partial charge >= 0.3 is 0 Å². The summed E-state index contributed by atoms with van der Waals surface area (Å²) in [7, 11) is 2.21. The summed E-state index contributed by atoms with van der Waals surface area (Å²) < 4.78 is 0. The van der Waals surface area contributed by atoms with E-state index in [1.807, 2.05) is 27.7 Å². The molecule has 0 amide bonds. The van der Waals surface area contributed by atoms with E-state index in [4.69, 9.17) is 0 Å². The summed E-state index contributed by atoms with van der Waals surface area (Å²) >= 11 is 0. The van der Waals surface area contributed by atoms with Crippen LogP contribution in [-0.2, 0) is 0 Å². The van der Waals surface area contributed by atoms with E-state index in [2.05, 4.69) is 11.9 Å². The first-order valence-electron chi connectivity index (χ1n) is 15.4. The second-order valence-electron chi connectivity index (χ2n) is 11.8. The second-order valence-corrected chi connectivity index (χ2v) is 11.8. The number of fused-ring (bicyclic) bond motifs is 3. The molecule has 6 aliphatic carbocycles. The van der Waals surface area contributed by atoms with E-state index in [0.29, 0.717) is 0 Å². The van der Waals surface area contributed by atoms with Gasteiger partial charge in [-0.1, -0.05) is 91.9 Å². The number of likely N-dealkylation sites (tertiary alicyclic amines) is 1. The fraction of sp³-hybridized carbons (Fsp3) is 1.00. The molecule has 7 aliphatic rings. The van der Waals surface area contributed by atoms with Crippen molar-refractivity contribution in [3.63, 3.8) is 0 Å². The Kier molecular flexibility index (Phi) is 14.6. The van der Waals surface area contributed by atoms with Crippen LogP contribution in [0.5, 0.6) is 0 Å². The fourth-order valence-electron chi connectivity index (χ4n) is 7.92. The molecule has 0 aromatic rings. The van der Waals surface area contributed by atoms with Crippen LogP contribution in [-0.4, -0.2) is 25.0 Å². The van der Waals surface area contributed by atoms with E-state index in [1.54, 1.807) is 77.0 Å². The van der Waals surface area contributed by atoms with Gasteiger partial charge in [-0.25, -0.2) is 0 Å². The van der Waals surface area contributed by atoms with Gasteiger partial charge in [-0.2, -0.15) is 0 Å². The van der Waals surface area contributed by atoms with Crippen molar-refractivity contribution in [2.24, 2.45) is 35.5 Å². The summed E-state index contributed by atoms with van der Waals surface area (Å²) in [5.74, 6) is 6.95. The minimum Gasteiger partial charge on any atom is -0.306 e. The van der Waals surface area contributed by atoms with Crippen LogP contribution in [0.1, 0.15) is 143 Å². The molecule has 32 heavy (non-hydrogen) atoms. The Morgan fingerprint density at radius 2 is 0.719 bits per heavy atom. The Morgan fingerprint density at radius 3 is 1.09 bits per heavy atom. The predicted molar refractivity (Wildman–Crippen MR) is 144 cm³/mol.